The Bertz CT molecular complexity index is 959. The summed E-state index contributed by atoms with van der Waals surface area (Å²) in [7, 11) is 0. The van der Waals surface area contributed by atoms with E-state index in [-0.39, 0.29) is 11.8 Å². The molecule has 6 heteroatoms. The van der Waals surface area contributed by atoms with E-state index in [4.69, 9.17) is 0 Å². The fraction of sp³-hybridized carbons (Fsp3) is 0.304. The van der Waals surface area contributed by atoms with Gasteiger partial charge in [0.25, 0.3) is 5.91 Å². The molecule has 1 atom stereocenters. The lowest BCUT2D eigenvalue weighted by molar-refractivity contribution is -0.123. The maximum absolute atomic E-state index is 12.9. The van der Waals surface area contributed by atoms with Crippen LogP contribution in [0.2, 0.25) is 0 Å². The molecule has 0 aliphatic rings. The van der Waals surface area contributed by atoms with Crippen LogP contribution in [0.15, 0.2) is 60.9 Å². The summed E-state index contributed by atoms with van der Waals surface area (Å²) in [6, 6.07) is 13.5. The molecule has 1 aromatic carbocycles. The van der Waals surface area contributed by atoms with E-state index in [1.165, 1.54) is 0 Å². The quantitative estimate of drug-likeness (QED) is 0.544. The van der Waals surface area contributed by atoms with Crippen molar-refractivity contribution >= 4 is 22.7 Å². The van der Waals surface area contributed by atoms with Crippen molar-refractivity contribution in [1.29, 1.82) is 0 Å². The Morgan fingerprint density at radius 1 is 0.966 bits per heavy atom. The minimum absolute atomic E-state index is 0.254. The fourth-order valence-electron chi connectivity index (χ4n) is 3.12. The lowest BCUT2D eigenvalue weighted by Gasteiger charge is -2.18. The van der Waals surface area contributed by atoms with Crippen molar-refractivity contribution in [1.82, 2.24) is 20.6 Å². The van der Waals surface area contributed by atoms with Crippen LogP contribution in [0.25, 0.3) is 10.9 Å². The molecule has 1 unspecified atom stereocenters. The van der Waals surface area contributed by atoms with Crippen molar-refractivity contribution in [3.8, 4) is 0 Å². The van der Waals surface area contributed by atoms with Gasteiger partial charge in [0.15, 0.2) is 6.04 Å². The average molecular weight is 390 g/mol. The number of carbonyl (C=O) groups is 2. The first-order chi connectivity index (χ1) is 14.2. The zero-order valence-corrected chi connectivity index (χ0v) is 16.6. The summed E-state index contributed by atoms with van der Waals surface area (Å²) in [5.41, 5.74) is 1.80. The molecule has 0 bridgehead atoms. The van der Waals surface area contributed by atoms with Crippen LogP contribution in [-0.2, 0) is 4.79 Å². The Kier molecular flexibility index (Phi) is 7.28. The SMILES string of the molecule is CCCCCCNC(=O)C(NC(=O)c1ccc2ncccc2c1)c1ccccn1. The van der Waals surface area contributed by atoms with Crippen LogP contribution in [0.4, 0.5) is 0 Å². The number of rotatable bonds is 9. The summed E-state index contributed by atoms with van der Waals surface area (Å²) >= 11 is 0. The molecule has 0 spiro atoms. The molecule has 2 N–H and O–H groups in total. The minimum Gasteiger partial charge on any atom is -0.354 e. The second-order valence-corrected chi connectivity index (χ2v) is 6.92. The Morgan fingerprint density at radius 3 is 2.62 bits per heavy atom. The van der Waals surface area contributed by atoms with Gasteiger partial charge in [-0.15, -0.1) is 0 Å². The summed E-state index contributed by atoms with van der Waals surface area (Å²) in [5, 5.41) is 6.63. The number of nitrogens with one attached hydrogen (secondary N) is 2. The van der Waals surface area contributed by atoms with Crippen LogP contribution >= 0.6 is 0 Å². The van der Waals surface area contributed by atoms with Gasteiger partial charge in [-0.3, -0.25) is 19.6 Å². The number of amides is 2. The van der Waals surface area contributed by atoms with Crippen LogP contribution in [0.3, 0.4) is 0 Å². The molecule has 2 aromatic heterocycles. The Labute approximate surface area is 170 Å². The van der Waals surface area contributed by atoms with Crippen molar-refractivity contribution in [2.24, 2.45) is 0 Å². The molecule has 150 valence electrons. The third-order valence-electron chi connectivity index (χ3n) is 4.72. The second kappa shape index (κ2) is 10.3. The lowest BCUT2D eigenvalue weighted by Crippen LogP contribution is -2.41. The van der Waals surface area contributed by atoms with Gasteiger partial charge >= 0.3 is 0 Å². The van der Waals surface area contributed by atoms with Crippen LogP contribution in [0, 0.1) is 0 Å². The highest BCUT2D eigenvalue weighted by Gasteiger charge is 2.24. The van der Waals surface area contributed by atoms with E-state index in [0.29, 0.717) is 17.8 Å². The fourth-order valence-corrected chi connectivity index (χ4v) is 3.12. The highest BCUT2D eigenvalue weighted by atomic mass is 16.2. The number of benzene rings is 1. The molecule has 0 saturated heterocycles. The van der Waals surface area contributed by atoms with E-state index >= 15 is 0 Å². The number of hydrogen-bond donors (Lipinski definition) is 2. The van der Waals surface area contributed by atoms with Gasteiger partial charge in [0.05, 0.1) is 11.2 Å². The first kappa shape index (κ1) is 20.5. The first-order valence-electron chi connectivity index (χ1n) is 10.0. The van der Waals surface area contributed by atoms with Gasteiger partial charge in [-0.1, -0.05) is 38.3 Å². The van der Waals surface area contributed by atoms with Crippen molar-refractivity contribution in [3.63, 3.8) is 0 Å². The highest BCUT2D eigenvalue weighted by molar-refractivity contribution is 6.00. The normalized spacial score (nSPS) is 11.8. The number of aromatic nitrogens is 2. The van der Waals surface area contributed by atoms with E-state index in [0.717, 1.165) is 36.6 Å². The molecule has 0 fully saturated rings. The number of carbonyl (C=O) groups excluding carboxylic acids is 2. The predicted molar refractivity (Wildman–Crippen MR) is 113 cm³/mol. The average Bonchev–Trinajstić information content (AvgIpc) is 2.77. The molecule has 0 aliphatic heterocycles. The standard InChI is InChI=1S/C23H26N4O2/c1-2-3-4-6-14-26-23(29)21(20-10-5-7-13-25-20)27-22(28)18-11-12-19-17(16-18)9-8-15-24-19/h5,7-13,15-16,21H,2-4,6,14H2,1H3,(H,26,29)(H,27,28). The molecule has 3 rings (SSSR count). The molecule has 2 heterocycles. The third kappa shape index (κ3) is 5.60. The van der Waals surface area contributed by atoms with Gasteiger partial charge in [0, 0.05) is 29.9 Å². The van der Waals surface area contributed by atoms with Crippen molar-refractivity contribution in [3.05, 3.63) is 72.2 Å². The van der Waals surface area contributed by atoms with E-state index in [1.54, 1.807) is 48.8 Å². The van der Waals surface area contributed by atoms with Gasteiger partial charge in [0.2, 0.25) is 5.91 Å². The molecule has 0 saturated carbocycles. The van der Waals surface area contributed by atoms with Crippen LogP contribution in [0.1, 0.15) is 54.7 Å². The second-order valence-electron chi connectivity index (χ2n) is 6.92. The zero-order chi connectivity index (χ0) is 20.5. The molecule has 2 amide bonds. The Balaban J connectivity index is 1.73. The lowest BCUT2D eigenvalue weighted by atomic mass is 10.1. The van der Waals surface area contributed by atoms with E-state index < -0.39 is 6.04 Å². The molecule has 29 heavy (non-hydrogen) atoms. The molecule has 3 aromatic rings. The van der Waals surface area contributed by atoms with E-state index in [9.17, 15) is 9.59 Å². The smallest absolute Gasteiger partial charge is 0.252 e. The van der Waals surface area contributed by atoms with E-state index in [2.05, 4.69) is 27.5 Å². The third-order valence-corrected chi connectivity index (χ3v) is 4.72. The number of fused-ring (bicyclic) bond motifs is 1. The number of nitrogens with zero attached hydrogens (tertiary/aromatic N) is 2. The zero-order valence-electron chi connectivity index (χ0n) is 16.6. The van der Waals surface area contributed by atoms with Gasteiger partial charge < -0.3 is 10.6 Å². The summed E-state index contributed by atoms with van der Waals surface area (Å²) in [5.74, 6) is -0.580. The molecule has 0 aliphatic carbocycles. The first-order valence-corrected chi connectivity index (χ1v) is 10.0. The van der Waals surface area contributed by atoms with Crippen LogP contribution in [0.5, 0.6) is 0 Å². The van der Waals surface area contributed by atoms with Gasteiger partial charge in [-0.25, -0.2) is 0 Å². The Hall–Kier alpha value is -3.28. The summed E-state index contributed by atoms with van der Waals surface area (Å²) in [6.07, 6.45) is 7.60. The van der Waals surface area contributed by atoms with Crippen molar-refractivity contribution in [2.75, 3.05) is 6.54 Å². The molecular formula is C23H26N4O2. The summed E-state index contributed by atoms with van der Waals surface area (Å²) in [6.45, 7) is 2.73. The summed E-state index contributed by atoms with van der Waals surface area (Å²) in [4.78, 5) is 34.2. The van der Waals surface area contributed by atoms with Crippen molar-refractivity contribution < 1.29 is 9.59 Å². The van der Waals surface area contributed by atoms with Crippen LogP contribution < -0.4 is 10.6 Å². The van der Waals surface area contributed by atoms with Crippen molar-refractivity contribution in [2.45, 2.75) is 38.6 Å². The van der Waals surface area contributed by atoms with Gasteiger partial charge in [-0.2, -0.15) is 0 Å². The number of pyridine rings is 2. The predicted octanol–water partition coefficient (Wildman–Crippen LogP) is 3.80. The largest absolute Gasteiger partial charge is 0.354 e. The Morgan fingerprint density at radius 2 is 1.83 bits per heavy atom. The number of hydrogen-bond acceptors (Lipinski definition) is 4. The van der Waals surface area contributed by atoms with Crippen LogP contribution in [-0.4, -0.2) is 28.3 Å². The maximum atomic E-state index is 12.9. The molecule has 0 radical (unpaired) electrons. The van der Waals surface area contributed by atoms with Gasteiger partial charge in [-0.05, 0) is 42.8 Å². The molecular weight excluding hydrogens is 364 g/mol. The summed E-state index contributed by atoms with van der Waals surface area (Å²) < 4.78 is 0. The minimum atomic E-state index is -0.848. The maximum Gasteiger partial charge on any atom is 0.252 e. The monoisotopic (exact) mass is 390 g/mol. The van der Waals surface area contributed by atoms with Gasteiger partial charge in [0.1, 0.15) is 0 Å². The van der Waals surface area contributed by atoms with E-state index in [1.807, 2.05) is 12.1 Å². The highest BCUT2D eigenvalue weighted by Crippen LogP contribution is 2.16. The number of unbranched alkanes of at least 4 members (excludes halogenated alkanes) is 3. The molecule has 6 nitrogen and oxygen atoms in total. The topological polar surface area (TPSA) is 84.0 Å².